The van der Waals surface area contributed by atoms with Crippen LogP contribution in [0.4, 0.5) is 0 Å². The van der Waals surface area contributed by atoms with Crippen molar-refractivity contribution in [3.8, 4) is 0 Å². The molecule has 0 aliphatic carbocycles. The second-order valence-corrected chi connectivity index (χ2v) is 9.67. The maximum absolute atomic E-state index is 12.9. The topological polar surface area (TPSA) is 44.4 Å². The Morgan fingerprint density at radius 1 is 1.10 bits per heavy atom. The molecule has 4 nitrogen and oxygen atoms in total. The third kappa shape index (κ3) is 4.73. The van der Waals surface area contributed by atoms with Gasteiger partial charge in [-0.2, -0.15) is 0 Å². The standard InChI is InChI=1S/C24H27Cl2N3O/c1-24(2)15-29(23(30)17-6-4-8-20(26)12-17)10-9-18(24)13-21-14-22(28-27-21)16-5-3-7-19(25)11-16/h3-8,11-13,21-22,27-28H,9-10,14-15H2,1-2H3/b18-13+. The third-order valence-electron chi connectivity index (χ3n) is 6.05. The van der Waals surface area contributed by atoms with E-state index in [4.69, 9.17) is 23.2 Å². The molecule has 2 unspecified atom stereocenters. The Morgan fingerprint density at radius 3 is 2.53 bits per heavy atom. The molecule has 0 radical (unpaired) electrons. The zero-order chi connectivity index (χ0) is 21.3. The van der Waals surface area contributed by atoms with Gasteiger partial charge < -0.3 is 4.90 Å². The van der Waals surface area contributed by atoms with Crippen LogP contribution < -0.4 is 10.9 Å². The summed E-state index contributed by atoms with van der Waals surface area (Å²) in [5, 5.41) is 1.35. The molecular formula is C24H27Cl2N3O. The fraction of sp³-hybridized carbons (Fsp3) is 0.375. The smallest absolute Gasteiger partial charge is 0.253 e. The average molecular weight is 444 g/mol. The lowest BCUT2D eigenvalue weighted by molar-refractivity contribution is 0.0662. The molecule has 2 aromatic rings. The second kappa shape index (κ2) is 8.72. The molecule has 2 atom stereocenters. The minimum Gasteiger partial charge on any atom is -0.337 e. The first kappa shape index (κ1) is 21.4. The Morgan fingerprint density at radius 2 is 1.83 bits per heavy atom. The first-order chi connectivity index (χ1) is 14.3. The molecule has 2 saturated heterocycles. The molecule has 0 saturated carbocycles. The Kier molecular flexibility index (Phi) is 6.21. The fourth-order valence-corrected chi connectivity index (χ4v) is 4.80. The normalized spacial score (nSPS) is 24.9. The van der Waals surface area contributed by atoms with E-state index in [1.54, 1.807) is 12.1 Å². The Labute approximate surface area is 188 Å². The van der Waals surface area contributed by atoms with E-state index < -0.39 is 0 Å². The molecule has 2 aromatic carbocycles. The van der Waals surface area contributed by atoms with Crippen molar-refractivity contribution >= 4 is 29.1 Å². The van der Waals surface area contributed by atoms with Crippen LogP contribution in [0.3, 0.4) is 0 Å². The van der Waals surface area contributed by atoms with Gasteiger partial charge in [-0.25, -0.2) is 5.43 Å². The van der Waals surface area contributed by atoms with Crippen LogP contribution in [-0.4, -0.2) is 29.9 Å². The highest BCUT2D eigenvalue weighted by Gasteiger charge is 2.35. The zero-order valence-corrected chi connectivity index (χ0v) is 18.8. The van der Waals surface area contributed by atoms with E-state index in [0.29, 0.717) is 17.1 Å². The van der Waals surface area contributed by atoms with E-state index in [1.807, 2.05) is 35.2 Å². The zero-order valence-electron chi connectivity index (χ0n) is 17.3. The Balaban J connectivity index is 1.43. The van der Waals surface area contributed by atoms with Gasteiger partial charge in [-0.3, -0.25) is 10.2 Å². The molecule has 2 N–H and O–H groups in total. The number of hydrogen-bond donors (Lipinski definition) is 2. The quantitative estimate of drug-likeness (QED) is 0.624. The van der Waals surface area contributed by atoms with E-state index in [2.05, 4.69) is 36.8 Å². The summed E-state index contributed by atoms with van der Waals surface area (Å²) in [5.74, 6) is 0.0475. The molecule has 0 spiro atoms. The minimum absolute atomic E-state index is 0.0475. The van der Waals surface area contributed by atoms with Gasteiger partial charge >= 0.3 is 0 Å². The van der Waals surface area contributed by atoms with E-state index >= 15 is 0 Å². The Bertz CT molecular complexity index is 972. The van der Waals surface area contributed by atoms with Gasteiger partial charge in [0.1, 0.15) is 0 Å². The molecule has 0 bridgehead atoms. The molecule has 2 aliphatic rings. The number of carbonyl (C=O) groups excluding carboxylic acids is 1. The van der Waals surface area contributed by atoms with Crippen LogP contribution >= 0.6 is 23.2 Å². The average Bonchev–Trinajstić information content (AvgIpc) is 3.17. The van der Waals surface area contributed by atoms with Crippen molar-refractivity contribution in [2.45, 2.75) is 38.8 Å². The van der Waals surface area contributed by atoms with Crippen molar-refractivity contribution in [2.24, 2.45) is 5.41 Å². The second-order valence-electron chi connectivity index (χ2n) is 8.80. The molecular weight excluding hydrogens is 417 g/mol. The van der Waals surface area contributed by atoms with Crippen LogP contribution in [0, 0.1) is 5.41 Å². The number of nitrogens with zero attached hydrogens (tertiary/aromatic N) is 1. The van der Waals surface area contributed by atoms with Crippen molar-refractivity contribution in [1.82, 2.24) is 15.8 Å². The van der Waals surface area contributed by atoms with E-state index in [9.17, 15) is 4.79 Å². The number of rotatable bonds is 3. The summed E-state index contributed by atoms with van der Waals surface area (Å²) in [6, 6.07) is 15.7. The first-order valence-electron chi connectivity index (χ1n) is 10.3. The third-order valence-corrected chi connectivity index (χ3v) is 6.52. The highest BCUT2D eigenvalue weighted by molar-refractivity contribution is 6.31. The van der Waals surface area contributed by atoms with Crippen molar-refractivity contribution < 1.29 is 4.79 Å². The van der Waals surface area contributed by atoms with Gasteiger partial charge in [-0.1, -0.05) is 66.9 Å². The van der Waals surface area contributed by atoms with E-state index in [1.165, 1.54) is 11.1 Å². The summed E-state index contributed by atoms with van der Waals surface area (Å²) in [5.41, 5.74) is 9.95. The summed E-state index contributed by atoms with van der Waals surface area (Å²) >= 11 is 12.2. The highest BCUT2D eigenvalue weighted by atomic mass is 35.5. The van der Waals surface area contributed by atoms with Crippen LogP contribution in [0.5, 0.6) is 0 Å². The molecule has 6 heteroatoms. The van der Waals surface area contributed by atoms with Crippen LogP contribution in [0.2, 0.25) is 10.0 Å². The van der Waals surface area contributed by atoms with Crippen molar-refractivity contribution in [1.29, 1.82) is 0 Å². The molecule has 1 amide bonds. The lowest BCUT2D eigenvalue weighted by Crippen LogP contribution is -2.45. The molecule has 2 fully saturated rings. The summed E-state index contributed by atoms with van der Waals surface area (Å²) in [6.07, 6.45) is 4.18. The number of nitrogens with one attached hydrogen (secondary N) is 2. The molecule has 4 rings (SSSR count). The van der Waals surface area contributed by atoms with Gasteiger partial charge in [0.05, 0.1) is 0 Å². The summed E-state index contributed by atoms with van der Waals surface area (Å²) < 4.78 is 0. The number of amides is 1. The maximum atomic E-state index is 12.9. The van der Waals surface area contributed by atoms with Crippen molar-refractivity contribution in [3.05, 3.63) is 81.4 Å². The summed E-state index contributed by atoms with van der Waals surface area (Å²) in [7, 11) is 0. The van der Waals surface area contributed by atoms with E-state index in [-0.39, 0.29) is 23.4 Å². The number of carbonyl (C=O) groups is 1. The van der Waals surface area contributed by atoms with Gasteiger partial charge in [0, 0.05) is 46.2 Å². The number of hydrazine groups is 1. The molecule has 0 aromatic heterocycles. The molecule has 2 heterocycles. The minimum atomic E-state index is -0.0810. The predicted octanol–water partition coefficient (Wildman–Crippen LogP) is 5.40. The van der Waals surface area contributed by atoms with Crippen molar-refractivity contribution in [2.75, 3.05) is 13.1 Å². The number of halogens is 2. The van der Waals surface area contributed by atoms with Gasteiger partial charge in [0.15, 0.2) is 0 Å². The van der Waals surface area contributed by atoms with Crippen LogP contribution in [0.15, 0.2) is 60.2 Å². The van der Waals surface area contributed by atoms with Gasteiger partial charge in [-0.05, 0) is 48.7 Å². The number of likely N-dealkylation sites (tertiary alicyclic amines) is 1. The highest BCUT2D eigenvalue weighted by Crippen LogP contribution is 2.36. The van der Waals surface area contributed by atoms with Crippen LogP contribution in [0.1, 0.15) is 48.7 Å². The summed E-state index contributed by atoms with van der Waals surface area (Å²) in [4.78, 5) is 14.9. The molecule has 2 aliphatic heterocycles. The van der Waals surface area contributed by atoms with Gasteiger partial charge in [-0.15, -0.1) is 0 Å². The SMILES string of the molecule is CC1(C)CN(C(=O)c2cccc(Cl)c2)CC/C1=C\C1CC(c2cccc(Cl)c2)NN1. The summed E-state index contributed by atoms with van der Waals surface area (Å²) in [6.45, 7) is 5.85. The number of hydrogen-bond acceptors (Lipinski definition) is 3. The fourth-order valence-electron chi connectivity index (χ4n) is 4.41. The van der Waals surface area contributed by atoms with Gasteiger partial charge in [0.2, 0.25) is 0 Å². The Hall–Kier alpha value is -1.85. The predicted molar refractivity (Wildman–Crippen MR) is 123 cm³/mol. The first-order valence-corrected chi connectivity index (χ1v) is 11.1. The van der Waals surface area contributed by atoms with Crippen LogP contribution in [-0.2, 0) is 0 Å². The van der Waals surface area contributed by atoms with E-state index in [0.717, 1.165) is 24.4 Å². The van der Waals surface area contributed by atoms with Crippen molar-refractivity contribution in [3.63, 3.8) is 0 Å². The largest absolute Gasteiger partial charge is 0.337 e. The maximum Gasteiger partial charge on any atom is 0.253 e. The van der Waals surface area contributed by atoms with Gasteiger partial charge in [0.25, 0.3) is 5.91 Å². The monoisotopic (exact) mass is 443 g/mol. The lowest BCUT2D eigenvalue weighted by Gasteiger charge is -2.41. The molecule has 158 valence electrons. The number of benzene rings is 2. The lowest BCUT2D eigenvalue weighted by atomic mass is 9.77. The van der Waals surface area contributed by atoms with Crippen LogP contribution in [0.25, 0.3) is 0 Å². The number of piperidine rings is 1. The molecule has 30 heavy (non-hydrogen) atoms.